The van der Waals surface area contributed by atoms with Gasteiger partial charge in [0.15, 0.2) is 11.2 Å². The molecule has 3 rings (SSSR count). The molecule has 2 aromatic heterocycles. The summed E-state index contributed by atoms with van der Waals surface area (Å²) in [6.45, 7) is 2.10. The quantitative estimate of drug-likeness (QED) is 0.635. The number of fused-ring (bicyclic) bond motifs is 1. The van der Waals surface area contributed by atoms with Crippen molar-refractivity contribution in [3.63, 3.8) is 0 Å². The summed E-state index contributed by atoms with van der Waals surface area (Å²) in [5.74, 6) is 0.406. The van der Waals surface area contributed by atoms with Crippen LogP contribution in [0.25, 0.3) is 22.7 Å². The third kappa shape index (κ3) is 3.74. The smallest absolute Gasteiger partial charge is 0.228 e. The van der Waals surface area contributed by atoms with Crippen LogP contribution in [0.1, 0.15) is 32.6 Å². The fraction of sp³-hybridized carbons (Fsp3) is 0.278. The van der Waals surface area contributed by atoms with Gasteiger partial charge < -0.3 is 9.73 Å². The van der Waals surface area contributed by atoms with E-state index in [2.05, 4.69) is 22.2 Å². The Morgan fingerprint density at radius 1 is 1.29 bits per heavy atom. The van der Waals surface area contributed by atoms with Crippen molar-refractivity contribution >= 4 is 34.4 Å². The Bertz CT molecular complexity index is 827. The maximum absolute atomic E-state index is 12.0. The van der Waals surface area contributed by atoms with Crippen LogP contribution in [-0.4, -0.2) is 15.9 Å². The SMILES string of the molecule is CCCCCC(=O)Nc1cc(-c2nc3ncccc3o2)ccc1Cl. The Morgan fingerprint density at radius 3 is 2.96 bits per heavy atom. The van der Waals surface area contributed by atoms with E-state index in [1.807, 2.05) is 6.07 Å². The number of carbonyl (C=O) groups is 1. The average molecular weight is 344 g/mol. The number of pyridine rings is 1. The van der Waals surface area contributed by atoms with Crippen LogP contribution in [0.3, 0.4) is 0 Å². The number of hydrogen-bond acceptors (Lipinski definition) is 4. The third-order valence-corrected chi connectivity index (χ3v) is 3.99. The van der Waals surface area contributed by atoms with E-state index in [9.17, 15) is 4.79 Å². The van der Waals surface area contributed by atoms with Crippen molar-refractivity contribution in [2.45, 2.75) is 32.6 Å². The Morgan fingerprint density at radius 2 is 2.17 bits per heavy atom. The van der Waals surface area contributed by atoms with E-state index in [0.29, 0.717) is 34.3 Å². The lowest BCUT2D eigenvalue weighted by Gasteiger charge is -2.08. The molecule has 0 radical (unpaired) electrons. The van der Waals surface area contributed by atoms with E-state index >= 15 is 0 Å². The number of halogens is 1. The predicted octanol–water partition coefficient (Wildman–Crippen LogP) is 5.06. The first-order valence-electron chi connectivity index (χ1n) is 7.98. The summed E-state index contributed by atoms with van der Waals surface area (Å²) >= 11 is 6.19. The van der Waals surface area contributed by atoms with Gasteiger partial charge >= 0.3 is 0 Å². The van der Waals surface area contributed by atoms with Crippen molar-refractivity contribution < 1.29 is 9.21 Å². The number of unbranched alkanes of at least 4 members (excludes halogenated alkanes) is 2. The van der Waals surface area contributed by atoms with Crippen LogP contribution in [0.5, 0.6) is 0 Å². The van der Waals surface area contributed by atoms with Crippen molar-refractivity contribution in [1.82, 2.24) is 9.97 Å². The number of rotatable bonds is 6. The molecule has 0 spiro atoms. The van der Waals surface area contributed by atoms with Crippen LogP contribution < -0.4 is 5.32 Å². The van der Waals surface area contributed by atoms with Gasteiger partial charge in [-0.25, -0.2) is 4.98 Å². The predicted molar refractivity (Wildman–Crippen MR) is 95.0 cm³/mol. The van der Waals surface area contributed by atoms with E-state index < -0.39 is 0 Å². The van der Waals surface area contributed by atoms with Gasteiger partial charge in [-0.15, -0.1) is 0 Å². The van der Waals surface area contributed by atoms with Crippen molar-refractivity contribution in [3.8, 4) is 11.5 Å². The minimum atomic E-state index is -0.0401. The highest BCUT2D eigenvalue weighted by Crippen LogP contribution is 2.30. The second-order valence-electron chi connectivity index (χ2n) is 5.54. The molecule has 1 N–H and O–H groups in total. The van der Waals surface area contributed by atoms with Gasteiger partial charge in [0.2, 0.25) is 11.8 Å². The lowest BCUT2D eigenvalue weighted by molar-refractivity contribution is -0.116. The number of carbonyl (C=O) groups excluding carboxylic acids is 1. The number of aromatic nitrogens is 2. The molecule has 0 saturated heterocycles. The van der Waals surface area contributed by atoms with Gasteiger partial charge in [-0.1, -0.05) is 31.4 Å². The molecule has 0 aliphatic heterocycles. The second-order valence-corrected chi connectivity index (χ2v) is 5.95. The lowest BCUT2D eigenvalue weighted by Crippen LogP contribution is -2.11. The number of oxazole rings is 1. The average Bonchev–Trinajstić information content (AvgIpc) is 3.01. The maximum atomic E-state index is 12.0. The van der Waals surface area contributed by atoms with Crippen molar-refractivity contribution in [2.24, 2.45) is 0 Å². The topological polar surface area (TPSA) is 68.0 Å². The second kappa shape index (κ2) is 7.45. The summed E-state index contributed by atoms with van der Waals surface area (Å²) < 4.78 is 5.70. The molecule has 1 aromatic carbocycles. The first-order chi connectivity index (χ1) is 11.7. The minimum Gasteiger partial charge on any atom is -0.434 e. The third-order valence-electron chi connectivity index (χ3n) is 3.66. The molecule has 3 aromatic rings. The Labute approximate surface area is 145 Å². The van der Waals surface area contributed by atoms with Crippen molar-refractivity contribution in [2.75, 3.05) is 5.32 Å². The molecule has 0 atom stereocenters. The zero-order valence-corrected chi connectivity index (χ0v) is 14.1. The highest BCUT2D eigenvalue weighted by atomic mass is 35.5. The van der Waals surface area contributed by atoms with Crippen LogP contribution in [0.15, 0.2) is 40.9 Å². The van der Waals surface area contributed by atoms with Gasteiger partial charge in [0.1, 0.15) is 0 Å². The standard InChI is InChI=1S/C18H18ClN3O2/c1-2-3-4-7-16(23)21-14-11-12(8-9-13(14)19)18-22-17-15(24-18)6-5-10-20-17/h5-6,8-11H,2-4,7H2,1H3,(H,21,23). The Kier molecular flexibility index (Phi) is 5.11. The molecular weight excluding hydrogens is 326 g/mol. The number of amides is 1. The fourth-order valence-electron chi connectivity index (χ4n) is 2.39. The van der Waals surface area contributed by atoms with E-state index in [0.717, 1.165) is 24.8 Å². The van der Waals surface area contributed by atoms with Crippen LogP contribution in [0.2, 0.25) is 5.02 Å². The molecule has 0 bridgehead atoms. The molecule has 124 valence electrons. The van der Waals surface area contributed by atoms with Gasteiger partial charge in [0, 0.05) is 18.2 Å². The molecule has 6 heteroatoms. The summed E-state index contributed by atoms with van der Waals surface area (Å²) in [4.78, 5) is 20.5. The van der Waals surface area contributed by atoms with E-state index in [-0.39, 0.29) is 5.91 Å². The molecule has 0 saturated carbocycles. The molecule has 2 heterocycles. The molecule has 0 aliphatic rings. The summed E-state index contributed by atoms with van der Waals surface area (Å²) in [6, 6.07) is 8.90. The summed E-state index contributed by atoms with van der Waals surface area (Å²) in [6.07, 6.45) is 5.14. The van der Waals surface area contributed by atoms with Crippen LogP contribution >= 0.6 is 11.6 Å². The molecular formula is C18H18ClN3O2. The van der Waals surface area contributed by atoms with E-state index in [1.165, 1.54) is 0 Å². The zero-order valence-electron chi connectivity index (χ0n) is 13.4. The Hall–Kier alpha value is -2.40. The van der Waals surface area contributed by atoms with Crippen LogP contribution in [0.4, 0.5) is 5.69 Å². The lowest BCUT2D eigenvalue weighted by atomic mass is 10.1. The molecule has 24 heavy (non-hydrogen) atoms. The van der Waals surface area contributed by atoms with E-state index in [4.69, 9.17) is 16.0 Å². The number of hydrogen-bond donors (Lipinski definition) is 1. The molecule has 0 aliphatic carbocycles. The number of nitrogens with one attached hydrogen (secondary N) is 1. The molecule has 1 amide bonds. The summed E-state index contributed by atoms with van der Waals surface area (Å²) in [5, 5.41) is 3.34. The highest BCUT2D eigenvalue weighted by molar-refractivity contribution is 6.33. The monoisotopic (exact) mass is 343 g/mol. The van der Waals surface area contributed by atoms with Gasteiger partial charge in [0.25, 0.3) is 0 Å². The normalized spacial score (nSPS) is 10.9. The van der Waals surface area contributed by atoms with Gasteiger partial charge in [-0.3, -0.25) is 4.79 Å². The number of anilines is 1. The highest BCUT2D eigenvalue weighted by Gasteiger charge is 2.12. The molecule has 0 fully saturated rings. The van der Waals surface area contributed by atoms with Crippen LogP contribution in [-0.2, 0) is 4.79 Å². The summed E-state index contributed by atoms with van der Waals surface area (Å²) in [7, 11) is 0. The minimum absolute atomic E-state index is 0.0401. The fourth-order valence-corrected chi connectivity index (χ4v) is 2.56. The zero-order chi connectivity index (χ0) is 16.9. The van der Waals surface area contributed by atoms with Gasteiger partial charge in [-0.05, 0) is 36.8 Å². The van der Waals surface area contributed by atoms with Gasteiger partial charge in [0.05, 0.1) is 10.7 Å². The van der Waals surface area contributed by atoms with E-state index in [1.54, 1.807) is 30.5 Å². The van der Waals surface area contributed by atoms with Crippen molar-refractivity contribution in [1.29, 1.82) is 0 Å². The molecule has 5 nitrogen and oxygen atoms in total. The Balaban J connectivity index is 1.81. The van der Waals surface area contributed by atoms with Crippen molar-refractivity contribution in [3.05, 3.63) is 41.6 Å². The largest absolute Gasteiger partial charge is 0.434 e. The number of nitrogens with zero attached hydrogens (tertiary/aromatic N) is 2. The van der Waals surface area contributed by atoms with Gasteiger partial charge in [-0.2, -0.15) is 4.98 Å². The first kappa shape index (κ1) is 16.5. The maximum Gasteiger partial charge on any atom is 0.228 e. The first-order valence-corrected chi connectivity index (χ1v) is 8.36. The molecule has 0 unspecified atom stereocenters. The number of benzene rings is 1. The summed E-state index contributed by atoms with van der Waals surface area (Å²) in [5.41, 5.74) is 2.47. The van der Waals surface area contributed by atoms with Crippen LogP contribution in [0, 0.1) is 0 Å².